The fourth-order valence-electron chi connectivity index (χ4n) is 7.43. The summed E-state index contributed by atoms with van der Waals surface area (Å²) in [6, 6.07) is 15.2. The van der Waals surface area contributed by atoms with Crippen LogP contribution in [-0.2, 0) is 17.8 Å². The molecule has 208 valence electrons. The van der Waals surface area contributed by atoms with E-state index in [4.69, 9.17) is 15.5 Å². The predicted molar refractivity (Wildman–Crippen MR) is 156 cm³/mol. The van der Waals surface area contributed by atoms with Crippen molar-refractivity contribution in [1.82, 2.24) is 9.80 Å². The lowest BCUT2D eigenvalue weighted by Gasteiger charge is -2.41. The SMILES string of the molecule is NC1=Nc2ccc3cc2CN1[C@H](C1CCCCC1)CCCC(=O)N(C1CCCCC1)CCc1cccc(c1)O3. The molecule has 2 heterocycles. The minimum absolute atomic E-state index is 0.313. The van der Waals surface area contributed by atoms with Gasteiger partial charge in [0.15, 0.2) is 5.96 Å². The molecule has 2 N–H and O–H groups in total. The van der Waals surface area contributed by atoms with Crippen molar-refractivity contribution in [3.63, 3.8) is 0 Å². The van der Waals surface area contributed by atoms with Crippen molar-refractivity contribution in [2.75, 3.05) is 6.54 Å². The van der Waals surface area contributed by atoms with Crippen LogP contribution in [0, 0.1) is 5.92 Å². The monoisotopic (exact) mass is 528 g/mol. The Hall–Kier alpha value is -3.02. The number of amides is 1. The van der Waals surface area contributed by atoms with E-state index in [0.717, 1.165) is 67.9 Å². The van der Waals surface area contributed by atoms with Gasteiger partial charge in [0.25, 0.3) is 0 Å². The summed E-state index contributed by atoms with van der Waals surface area (Å²) in [6.45, 7) is 1.52. The Kier molecular flexibility index (Phi) is 8.08. The van der Waals surface area contributed by atoms with Crippen molar-refractivity contribution in [2.45, 2.75) is 109 Å². The second kappa shape index (κ2) is 12.0. The van der Waals surface area contributed by atoms with Gasteiger partial charge in [-0.05, 0) is 86.8 Å². The summed E-state index contributed by atoms with van der Waals surface area (Å²) in [5, 5.41) is 0. The van der Waals surface area contributed by atoms with Gasteiger partial charge in [-0.3, -0.25) is 4.79 Å². The number of nitrogens with zero attached hydrogens (tertiary/aromatic N) is 3. The van der Waals surface area contributed by atoms with E-state index >= 15 is 0 Å². The summed E-state index contributed by atoms with van der Waals surface area (Å²) in [5.41, 5.74) is 9.94. The summed E-state index contributed by atoms with van der Waals surface area (Å²) < 4.78 is 6.35. The zero-order valence-corrected chi connectivity index (χ0v) is 23.3. The molecule has 1 atom stereocenters. The van der Waals surface area contributed by atoms with Gasteiger partial charge in [0.2, 0.25) is 5.91 Å². The van der Waals surface area contributed by atoms with E-state index in [1.807, 2.05) is 18.2 Å². The van der Waals surface area contributed by atoms with Gasteiger partial charge in [-0.25, -0.2) is 4.99 Å². The first kappa shape index (κ1) is 26.2. The molecule has 2 aromatic rings. The number of ether oxygens (including phenoxy) is 1. The van der Waals surface area contributed by atoms with Crippen LogP contribution in [0.25, 0.3) is 0 Å². The van der Waals surface area contributed by atoms with Gasteiger partial charge in [0.05, 0.1) is 5.69 Å². The summed E-state index contributed by atoms with van der Waals surface area (Å²) in [5.74, 6) is 3.21. The normalized spacial score (nSPS) is 23.7. The molecule has 5 bridgehead atoms. The molecule has 6 rings (SSSR count). The number of aliphatic imine (C=N–C) groups is 1. The number of hydrogen-bond acceptors (Lipinski definition) is 5. The molecule has 1 amide bonds. The number of carbonyl (C=O) groups excluding carboxylic acids is 1. The van der Waals surface area contributed by atoms with Crippen LogP contribution < -0.4 is 10.5 Å². The second-order valence-corrected chi connectivity index (χ2v) is 12.1. The van der Waals surface area contributed by atoms with Crippen molar-refractivity contribution in [3.05, 3.63) is 53.6 Å². The number of guanidine groups is 1. The lowest BCUT2D eigenvalue weighted by Crippen LogP contribution is -2.49. The fourth-order valence-corrected chi connectivity index (χ4v) is 7.43. The lowest BCUT2D eigenvalue weighted by atomic mass is 9.81. The van der Waals surface area contributed by atoms with Crippen molar-refractivity contribution >= 4 is 17.6 Å². The highest BCUT2D eigenvalue weighted by molar-refractivity contribution is 5.84. The molecule has 4 aliphatic rings. The van der Waals surface area contributed by atoms with Gasteiger partial charge in [-0.2, -0.15) is 0 Å². The number of carbonyl (C=O) groups is 1. The maximum atomic E-state index is 13.8. The van der Waals surface area contributed by atoms with Crippen LogP contribution >= 0.6 is 0 Å². The molecule has 0 spiro atoms. The smallest absolute Gasteiger partial charge is 0.222 e. The van der Waals surface area contributed by atoms with Gasteiger partial charge in [0, 0.05) is 37.2 Å². The van der Waals surface area contributed by atoms with E-state index in [0.29, 0.717) is 36.3 Å². The van der Waals surface area contributed by atoms with Crippen LogP contribution in [0.5, 0.6) is 11.5 Å². The highest BCUT2D eigenvalue weighted by Crippen LogP contribution is 2.37. The van der Waals surface area contributed by atoms with Crippen LogP contribution in [0.15, 0.2) is 47.5 Å². The molecular weight excluding hydrogens is 484 g/mol. The van der Waals surface area contributed by atoms with E-state index in [1.165, 1.54) is 56.9 Å². The first-order valence-corrected chi connectivity index (χ1v) is 15.4. The number of benzene rings is 2. The van der Waals surface area contributed by atoms with Crippen LogP contribution in [0.1, 0.15) is 94.6 Å². The van der Waals surface area contributed by atoms with Crippen LogP contribution in [0.4, 0.5) is 5.69 Å². The van der Waals surface area contributed by atoms with Crippen LogP contribution in [-0.4, -0.2) is 40.3 Å². The summed E-state index contributed by atoms with van der Waals surface area (Å²) in [6.07, 6.45) is 15.8. The zero-order chi connectivity index (χ0) is 26.6. The summed E-state index contributed by atoms with van der Waals surface area (Å²) in [7, 11) is 0. The number of hydrogen-bond donors (Lipinski definition) is 1. The quantitative estimate of drug-likeness (QED) is 0.452. The lowest BCUT2D eigenvalue weighted by molar-refractivity contribution is -0.134. The van der Waals surface area contributed by atoms with Crippen molar-refractivity contribution in [3.8, 4) is 11.5 Å². The molecule has 0 radical (unpaired) electrons. The van der Waals surface area contributed by atoms with E-state index in [9.17, 15) is 4.79 Å². The summed E-state index contributed by atoms with van der Waals surface area (Å²) >= 11 is 0. The first-order valence-electron chi connectivity index (χ1n) is 15.4. The molecule has 0 saturated heterocycles. The van der Waals surface area contributed by atoms with Crippen molar-refractivity contribution in [2.24, 2.45) is 16.6 Å². The zero-order valence-electron chi connectivity index (χ0n) is 23.3. The molecule has 6 heteroatoms. The standard InChI is InChI=1S/C33H44N4O2/c34-33-35-30-18-17-29-22-26(30)23-37(33)31(25-10-3-1-4-11-25)15-8-16-32(38)36(27-12-5-2-6-13-27)20-19-24-9-7-14-28(21-24)39-29/h7,9,14,17-18,21-22,25,27,31H,1-6,8,10-13,15-16,19-20,23H2,(H2,34,35)/t31-/m0/s1. The van der Waals surface area contributed by atoms with Crippen LogP contribution in [0.2, 0.25) is 0 Å². The Morgan fingerprint density at radius 2 is 1.56 bits per heavy atom. The fraction of sp³-hybridized carbons (Fsp3) is 0.576. The predicted octanol–water partition coefficient (Wildman–Crippen LogP) is 7.08. The van der Waals surface area contributed by atoms with Crippen molar-refractivity contribution in [1.29, 1.82) is 0 Å². The molecule has 0 unspecified atom stereocenters. The second-order valence-electron chi connectivity index (χ2n) is 12.1. The third kappa shape index (κ3) is 6.10. The Morgan fingerprint density at radius 3 is 2.38 bits per heavy atom. The Labute approximate surface area is 233 Å². The third-order valence-electron chi connectivity index (χ3n) is 9.52. The Balaban J connectivity index is 1.32. The average Bonchev–Trinajstić information content (AvgIpc) is 2.96. The van der Waals surface area contributed by atoms with Gasteiger partial charge in [0.1, 0.15) is 11.5 Å². The van der Waals surface area contributed by atoms with Gasteiger partial charge < -0.3 is 20.3 Å². The van der Waals surface area contributed by atoms with Gasteiger partial charge in [-0.1, -0.05) is 50.7 Å². The molecule has 2 aliphatic carbocycles. The maximum absolute atomic E-state index is 13.8. The average molecular weight is 529 g/mol. The molecule has 2 fully saturated rings. The number of nitrogens with two attached hydrogens (primary N) is 1. The van der Waals surface area contributed by atoms with Crippen LogP contribution in [0.3, 0.4) is 0 Å². The highest BCUT2D eigenvalue weighted by atomic mass is 16.5. The summed E-state index contributed by atoms with van der Waals surface area (Å²) in [4.78, 5) is 23.2. The Bertz CT molecular complexity index is 1180. The van der Waals surface area contributed by atoms with Crippen molar-refractivity contribution < 1.29 is 9.53 Å². The molecule has 2 saturated carbocycles. The molecule has 2 aliphatic heterocycles. The minimum atomic E-state index is 0.313. The van der Waals surface area contributed by atoms with Gasteiger partial charge >= 0.3 is 0 Å². The first-order chi connectivity index (χ1) is 19.1. The topological polar surface area (TPSA) is 71.2 Å². The minimum Gasteiger partial charge on any atom is -0.457 e. The van der Waals surface area contributed by atoms with Gasteiger partial charge in [-0.15, -0.1) is 0 Å². The molecule has 6 nitrogen and oxygen atoms in total. The maximum Gasteiger partial charge on any atom is 0.222 e. The highest BCUT2D eigenvalue weighted by Gasteiger charge is 2.33. The van der Waals surface area contributed by atoms with E-state index in [2.05, 4.69) is 34.1 Å². The molecule has 2 aromatic carbocycles. The van der Waals surface area contributed by atoms with E-state index in [1.54, 1.807) is 0 Å². The number of fused-ring (bicyclic) bond motifs is 4. The number of rotatable bonds is 2. The molecule has 0 aromatic heterocycles. The van der Waals surface area contributed by atoms with E-state index < -0.39 is 0 Å². The largest absolute Gasteiger partial charge is 0.457 e. The third-order valence-corrected chi connectivity index (χ3v) is 9.52. The molecule has 39 heavy (non-hydrogen) atoms. The molecular formula is C33H44N4O2. The van der Waals surface area contributed by atoms with E-state index in [-0.39, 0.29) is 0 Å². The Morgan fingerprint density at radius 1 is 0.795 bits per heavy atom.